The molecule has 4 nitrogen and oxygen atoms in total. The fraction of sp³-hybridized carbons (Fsp3) is 0.250. The van der Waals surface area contributed by atoms with Crippen molar-refractivity contribution in [3.63, 3.8) is 0 Å². The van der Waals surface area contributed by atoms with E-state index in [9.17, 15) is 9.59 Å². The molecule has 2 amide bonds. The van der Waals surface area contributed by atoms with E-state index in [1.807, 2.05) is 35.7 Å². The number of carbonyl (C=O) groups excluding carboxylic acids is 2. The van der Waals surface area contributed by atoms with Gasteiger partial charge in [-0.2, -0.15) is 0 Å². The van der Waals surface area contributed by atoms with E-state index in [2.05, 4.69) is 53.1 Å². The molecular formula is C20H17Br3N2O2S3. The van der Waals surface area contributed by atoms with Crippen molar-refractivity contribution in [3.8, 4) is 0 Å². The minimum absolute atomic E-state index is 0.0268. The Morgan fingerprint density at radius 2 is 1.90 bits per heavy atom. The first-order valence-corrected chi connectivity index (χ1v) is 13.6. The van der Waals surface area contributed by atoms with E-state index in [1.54, 1.807) is 16.2 Å². The summed E-state index contributed by atoms with van der Waals surface area (Å²) in [5, 5.41) is 4.91. The van der Waals surface area contributed by atoms with Crippen LogP contribution in [0.2, 0.25) is 0 Å². The highest BCUT2D eigenvalue weighted by Crippen LogP contribution is 2.35. The molecule has 0 unspecified atom stereocenters. The number of halogens is 3. The van der Waals surface area contributed by atoms with E-state index in [-0.39, 0.29) is 11.8 Å². The molecule has 1 aliphatic rings. The van der Waals surface area contributed by atoms with Gasteiger partial charge in [-0.25, -0.2) is 0 Å². The largest absolute Gasteiger partial charge is 0.324 e. The van der Waals surface area contributed by atoms with Crippen molar-refractivity contribution in [2.45, 2.75) is 25.7 Å². The topological polar surface area (TPSA) is 49.4 Å². The molecule has 0 saturated carbocycles. The lowest BCUT2D eigenvalue weighted by atomic mass is 10.1. The quantitative estimate of drug-likeness (QED) is 0.183. The predicted molar refractivity (Wildman–Crippen MR) is 141 cm³/mol. The summed E-state index contributed by atoms with van der Waals surface area (Å²) < 4.78 is 3.13. The second kappa shape index (κ2) is 11.4. The molecule has 1 N–H and O–H groups in total. The van der Waals surface area contributed by atoms with Gasteiger partial charge in [0.2, 0.25) is 5.91 Å². The molecule has 0 radical (unpaired) electrons. The zero-order chi connectivity index (χ0) is 21.7. The number of nitrogens with one attached hydrogen (secondary N) is 1. The predicted octanol–water partition coefficient (Wildman–Crippen LogP) is 7.44. The third-order valence-electron chi connectivity index (χ3n) is 4.25. The number of benzene rings is 1. The Balaban J connectivity index is 1.41. The molecule has 1 saturated heterocycles. The van der Waals surface area contributed by atoms with Crippen molar-refractivity contribution in [1.29, 1.82) is 0 Å². The van der Waals surface area contributed by atoms with E-state index in [4.69, 9.17) is 12.2 Å². The Morgan fingerprint density at radius 3 is 2.57 bits per heavy atom. The number of thiophene rings is 1. The number of nitrogens with zero attached hydrogens (tertiary/aromatic N) is 1. The zero-order valence-electron chi connectivity index (χ0n) is 15.6. The fourth-order valence-electron chi connectivity index (χ4n) is 2.79. The Kier molecular flexibility index (Phi) is 9.15. The number of hydrogen-bond donors (Lipinski definition) is 1. The molecule has 0 aliphatic carbocycles. The van der Waals surface area contributed by atoms with Gasteiger partial charge in [-0.1, -0.05) is 52.4 Å². The van der Waals surface area contributed by atoms with Crippen LogP contribution in [0.5, 0.6) is 0 Å². The maximum atomic E-state index is 12.6. The van der Waals surface area contributed by atoms with Crippen LogP contribution in [0.4, 0.5) is 5.69 Å². The van der Waals surface area contributed by atoms with Gasteiger partial charge >= 0.3 is 0 Å². The summed E-state index contributed by atoms with van der Waals surface area (Å²) in [6.07, 6.45) is 4.71. The van der Waals surface area contributed by atoms with E-state index >= 15 is 0 Å². The number of carbonyl (C=O) groups is 2. The summed E-state index contributed by atoms with van der Waals surface area (Å²) in [4.78, 5) is 28.2. The number of anilines is 1. The molecule has 158 valence electrons. The summed E-state index contributed by atoms with van der Waals surface area (Å²) in [6, 6.07) is 7.71. The molecule has 0 atom stereocenters. The summed E-state index contributed by atoms with van der Waals surface area (Å²) >= 11 is 18.7. The van der Waals surface area contributed by atoms with Crippen LogP contribution in [-0.2, 0) is 9.59 Å². The van der Waals surface area contributed by atoms with E-state index in [0.29, 0.717) is 22.2 Å². The van der Waals surface area contributed by atoms with Crippen molar-refractivity contribution in [3.05, 3.63) is 52.8 Å². The van der Waals surface area contributed by atoms with Gasteiger partial charge in [-0.15, -0.1) is 11.3 Å². The average molecular weight is 653 g/mol. The van der Waals surface area contributed by atoms with Crippen molar-refractivity contribution in [1.82, 2.24) is 4.90 Å². The van der Waals surface area contributed by atoms with Crippen LogP contribution in [0.3, 0.4) is 0 Å². The fourth-order valence-corrected chi connectivity index (χ4v) is 7.28. The summed E-state index contributed by atoms with van der Waals surface area (Å²) in [5.41, 5.74) is 0.721. The highest BCUT2D eigenvalue weighted by atomic mass is 79.9. The van der Waals surface area contributed by atoms with Crippen LogP contribution < -0.4 is 5.32 Å². The van der Waals surface area contributed by atoms with Crippen LogP contribution in [0.1, 0.15) is 30.6 Å². The first-order chi connectivity index (χ1) is 14.3. The van der Waals surface area contributed by atoms with Gasteiger partial charge < -0.3 is 5.32 Å². The molecular weight excluding hydrogens is 636 g/mol. The normalized spacial score (nSPS) is 15.3. The van der Waals surface area contributed by atoms with Crippen molar-refractivity contribution in [2.75, 3.05) is 11.9 Å². The number of thioether (sulfide) groups is 1. The standard InChI is InChI=1S/C20H17Br3N2O2S3/c21-12-9-14(22)18(15(23)10-12)24-17(26)6-2-1-3-7-25-19(27)16(30-20(25)28)11-13-5-4-8-29-13/h4-5,8-11H,1-3,6-7H2,(H,24,26)/b16-11+. The van der Waals surface area contributed by atoms with Gasteiger partial charge in [0.25, 0.3) is 5.91 Å². The van der Waals surface area contributed by atoms with Crippen LogP contribution in [-0.4, -0.2) is 27.6 Å². The molecule has 1 aliphatic heterocycles. The van der Waals surface area contributed by atoms with Crippen molar-refractivity contribution >= 4 is 111 Å². The third-order valence-corrected chi connectivity index (χ3v) is 8.15. The second-order valence-electron chi connectivity index (χ2n) is 6.45. The maximum absolute atomic E-state index is 12.6. The molecule has 2 heterocycles. The zero-order valence-corrected chi connectivity index (χ0v) is 22.8. The van der Waals surface area contributed by atoms with Gasteiger partial charge in [-0.3, -0.25) is 14.5 Å². The third kappa shape index (κ3) is 6.49. The Bertz CT molecular complexity index is 970. The van der Waals surface area contributed by atoms with Crippen LogP contribution in [0.15, 0.2) is 48.0 Å². The molecule has 1 aromatic heterocycles. The molecule has 10 heteroatoms. The van der Waals surface area contributed by atoms with E-state index < -0.39 is 0 Å². The van der Waals surface area contributed by atoms with Crippen LogP contribution in [0.25, 0.3) is 6.08 Å². The Hall–Kier alpha value is -0.520. The average Bonchev–Trinajstić information content (AvgIpc) is 3.28. The Labute approximate surface area is 214 Å². The second-order valence-corrected chi connectivity index (χ2v) is 11.7. The van der Waals surface area contributed by atoms with Crippen molar-refractivity contribution in [2.24, 2.45) is 0 Å². The first kappa shape index (κ1) is 24.1. The highest BCUT2D eigenvalue weighted by Gasteiger charge is 2.31. The number of unbranched alkanes of at least 4 members (excludes halogenated alkanes) is 2. The van der Waals surface area contributed by atoms with Crippen molar-refractivity contribution < 1.29 is 9.59 Å². The number of thiocarbonyl (C=S) groups is 1. The molecule has 2 aromatic rings. The van der Waals surface area contributed by atoms with Gasteiger partial charge in [0.1, 0.15) is 4.32 Å². The van der Waals surface area contributed by atoms with Gasteiger partial charge in [-0.05, 0) is 74.4 Å². The summed E-state index contributed by atoms with van der Waals surface area (Å²) in [7, 11) is 0. The molecule has 0 spiro atoms. The molecule has 1 fully saturated rings. The van der Waals surface area contributed by atoms with E-state index in [1.165, 1.54) is 11.8 Å². The van der Waals surface area contributed by atoms with Gasteiger partial charge in [0.15, 0.2) is 0 Å². The molecule has 0 bridgehead atoms. The lowest BCUT2D eigenvalue weighted by Gasteiger charge is -2.14. The number of amides is 2. The van der Waals surface area contributed by atoms with Crippen LogP contribution in [0, 0.1) is 0 Å². The lowest BCUT2D eigenvalue weighted by Crippen LogP contribution is -2.29. The molecule has 1 aromatic carbocycles. The lowest BCUT2D eigenvalue weighted by molar-refractivity contribution is -0.122. The molecule has 30 heavy (non-hydrogen) atoms. The number of rotatable bonds is 8. The minimum atomic E-state index is -0.0387. The summed E-state index contributed by atoms with van der Waals surface area (Å²) in [6.45, 7) is 0.581. The number of hydrogen-bond acceptors (Lipinski definition) is 5. The maximum Gasteiger partial charge on any atom is 0.266 e. The molecule has 3 rings (SSSR count). The SMILES string of the molecule is O=C(CCCCCN1C(=O)/C(=C\c2cccs2)SC1=S)Nc1c(Br)cc(Br)cc1Br. The van der Waals surface area contributed by atoms with Gasteiger partial charge in [0.05, 0.1) is 10.6 Å². The minimum Gasteiger partial charge on any atom is -0.324 e. The summed E-state index contributed by atoms with van der Waals surface area (Å²) in [5.74, 6) is -0.0655. The monoisotopic (exact) mass is 650 g/mol. The Morgan fingerprint density at radius 1 is 1.17 bits per heavy atom. The highest BCUT2D eigenvalue weighted by molar-refractivity contribution is 9.11. The smallest absolute Gasteiger partial charge is 0.266 e. The van der Waals surface area contributed by atoms with Crippen LogP contribution >= 0.6 is 83.1 Å². The first-order valence-electron chi connectivity index (χ1n) is 9.08. The van der Waals surface area contributed by atoms with Gasteiger partial charge in [0, 0.05) is 31.3 Å². The van der Waals surface area contributed by atoms with E-state index in [0.717, 1.165) is 43.2 Å².